The van der Waals surface area contributed by atoms with Crippen LogP contribution in [-0.4, -0.2) is 75.8 Å². The van der Waals surface area contributed by atoms with Gasteiger partial charge in [0.2, 0.25) is 12.0 Å². The second-order valence-corrected chi connectivity index (χ2v) is 8.93. The van der Waals surface area contributed by atoms with E-state index in [0.29, 0.717) is 43.4 Å². The van der Waals surface area contributed by atoms with Gasteiger partial charge in [-0.05, 0) is 31.2 Å². The van der Waals surface area contributed by atoms with E-state index in [4.69, 9.17) is 9.47 Å². The van der Waals surface area contributed by atoms with Crippen molar-refractivity contribution in [3.05, 3.63) is 48.5 Å². The Morgan fingerprint density at radius 3 is 2.48 bits per heavy atom. The minimum absolute atomic E-state index is 0.0629. The van der Waals surface area contributed by atoms with E-state index in [1.165, 1.54) is 11.8 Å². The summed E-state index contributed by atoms with van der Waals surface area (Å²) in [5.41, 5.74) is 2.02. The van der Waals surface area contributed by atoms with E-state index in [9.17, 15) is 9.59 Å². The number of ether oxygens (including phenoxy) is 2. The molecule has 1 atom stereocenters. The first kappa shape index (κ1) is 21.6. The summed E-state index contributed by atoms with van der Waals surface area (Å²) in [7, 11) is 0. The molecule has 9 heteroatoms. The largest absolute Gasteiger partial charge is 0.485 e. The number of fused-ring (bicyclic) bond motifs is 2. The monoisotopic (exact) mass is 466 g/mol. The van der Waals surface area contributed by atoms with Gasteiger partial charge in [0.05, 0.1) is 16.8 Å². The fraction of sp³-hybridized carbons (Fsp3) is 0.375. The van der Waals surface area contributed by atoms with Crippen molar-refractivity contribution in [2.75, 3.05) is 38.5 Å². The number of hydrogen-bond acceptors (Lipinski definition) is 6. The lowest BCUT2D eigenvalue weighted by Gasteiger charge is -2.37. The number of para-hydroxylation sites is 4. The van der Waals surface area contributed by atoms with Gasteiger partial charge in [-0.1, -0.05) is 36.0 Å². The minimum Gasteiger partial charge on any atom is -0.485 e. The molecule has 0 spiro atoms. The van der Waals surface area contributed by atoms with Crippen molar-refractivity contribution in [2.45, 2.75) is 24.7 Å². The first-order chi connectivity index (χ1) is 16.1. The van der Waals surface area contributed by atoms with Crippen LogP contribution in [0.3, 0.4) is 0 Å². The van der Waals surface area contributed by atoms with E-state index >= 15 is 0 Å². The molecule has 0 N–H and O–H groups in total. The number of amides is 2. The lowest BCUT2D eigenvalue weighted by molar-refractivity contribution is -0.145. The summed E-state index contributed by atoms with van der Waals surface area (Å²) in [4.78, 5) is 34.0. The molecule has 33 heavy (non-hydrogen) atoms. The van der Waals surface area contributed by atoms with Gasteiger partial charge < -0.3 is 23.8 Å². The van der Waals surface area contributed by atoms with E-state index in [0.717, 1.165) is 22.7 Å². The summed E-state index contributed by atoms with van der Waals surface area (Å²) in [6, 6.07) is 15.4. The van der Waals surface area contributed by atoms with Crippen molar-refractivity contribution < 1.29 is 19.1 Å². The summed E-state index contributed by atoms with van der Waals surface area (Å²) in [6.07, 6.45) is -0.653. The lowest BCUT2D eigenvalue weighted by Crippen LogP contribution is -2.55. The topological polar surface area (TPSA) is 76.9 Å². The lowest BCUT2D eigenvalue weighted by atomic mass is 10.2. The first-order valence-electron chi connectivity index (χ1n) is 11.2. The standard InChI is InChI=1S/C24H26N4O4S/c1-2-28-18-8-4-3-7-17(18)25-24(28)33-16-22(29)26-11-13-27(14-12-26)23(30)21-15-31-19-9-5-6-10-20(19)32-21/h3-10,21H,2,11-16H2,1H3/t21-/m1/s1. The van der Waals surface area contributed by atoms with Gasteiger partial charge in [-0.25, -0.2) is 4.98 Å². The molecule has 2 amide bonds. The molecule has 172 valence electrons. The molecular weight excluding hydrogens is 440 g/mol. The van der Waals surface area contributed by atoms with Crippen LogP contribution in [0.4, 0.5) is 0 Å². The number of thioether (sulfide) groups is 1. The zero-order valence-corrected chi connectivity index (χ0v) is 19.3. The molecule has 0 bridgehead atoms. The maximum Gasteiger partial charge on any atom is 0.267 e. The van der Waals surface area contributed by atoms with E-state index in [1.807, 2.05) is 47.4 Å². The van der Waals surface area contributed by atoms with Gasteiger partial charge in [0, 0.05) is 32.7 Å². The molecule has 1 fully saturated rings. The van der Waals surface area contributed by atoms with Crippen LogP contribution in [0.2, 0.25) is 0 Å². The molecule has 2 aliphatic rings. The smallest absolute Gasteiger partial charge is 0.267 e. The highest BCUT2D eigenvalue weighted by Crippen LogP contribution is 2.31. The molecule has 2 aromatic carbocycles. The third kappa shape index (κ3) is 4.37. The Hall–Kier alpha value is -3.20. The van der Waals surface area contributed by atoms with E-state index in [-0.39, 0.29) is 18.4 Å². The summed E-state index contributed by atoms with van der Waals surface area (Å²) < 4.78 is 13.7. The fourth-order valence-corrected chi connectivity index (χ4v) is 5.19. The van der Waals surface area contributed by atoms with Crippen molar-refractivity contribution >= 4 is 34.6 Å². The molecule has 1 saturated heterocycles. The number of carbonyl (C=O) groups excluding carboxylic acids is 2. The number of carbonyl (C=O) groups is 2. The molecule has 5 rings (SSSR count). The second kappa shape index (κ2) is 9.35. The molecule has 3 heterocycles. The number of nitrogens with zero attached hydrogens (tertiary/aromatic N) is 4. The van der Waals surface area contributed by atoms with Crippen LogP contribution in [0.5, 0.6) is 11.5 Å². The van der Waals surface area contributed by atoms with Crippen molar-refractivity contribution in [3.63, 3.8) is 0 Å². The third-order valence-electron chi connectivity index (χ3n) is 5.99. The molecule has 0 saturated carbocycles. The SMILES string of the molecule is CCn1c(SCC(=O)N2CCN(C(=O)[C@H]3COc4ccccc4O3)CC2)nc2ccccc21. The Kier molecular flexibility index (Phi) is 6.13. The Morgan fingerprint density at radius 1 is 1.00 bits per heavy atom. The summed E-state index contributed by atoms with van der Waals surface area (Å²) >= 11 is 1.47. The normalized spacial score (nSPS) is 17.9. The molecule has 0 aliphatic carbocycles. The Labute approximate surface area is 196 Å². The zero-order valence-electron chi connectivity index (χ0n) is 18.5. The summed E-state index contributed by atoms with van der Waals surface area (Å²) in [5, 5.41) is 0.857. The molecule has 0 radical (unpaired) electrons. The average molecular weight is 467 g/mol. The van der Waals surface area contributed by atoms with Crippen LogP contribution < -0.4 is 9.47 Å². The number of imidazole rings is 1. The second-order valence-electron chi connectivity index (χ2n) is 7.99. The van der Waals surface area contributed by atoms with Gasteiger partial charge in [0.25, 0.3) is 5.91 Å². The van der Waals surface area contributed by atoms with E-state index in [1.54, 1.807) is 11.0 Å². The van der Waals surface area contributed by atoms with Gasteiger partial charge in [0.1, 0.15) is 6.61 Å². The predicted octanol–water partition coefficient (Wildman–Crippen LogP) is 2.66. The van der Waals surface area contributed by atoms with Gasteiger partial charge in [0.15, 0.2) is 16.7 Å². The van der Waals surface area contributed by atoms with Crippen molar-refractivity contribution in [1.29, 1.82) is 0 Å². The van der Waals surface area contributed by atoms with Gasteiger partial charge in [-0.15, -0.1) is 0 Å². The predicted molar refractivity (Wildman–Crippen MR) is 126 cm³/mol. The number of aryl methyl sites for hydroxylation is 1. The van der Waals surface area contributed by atoms with Crippen molar-refractivity contribution in [1.82, 2.24) is 19.4 Å². The maximum absolute atomic E-state index is 12.9. The van der Waals surface area contributed by atoms with Gasteiger partial charge in [-0.2, -0.15) is 0 Å². The third-order valence-corrected chi connectivity index (χ3v) is 6.95. The van der Waals surface area contributed by atoms with Crippen LogP contribution in [0.25, 0.3) is 11.0 Å². The number of rotatable bonds is 5. The molecule has 2 aliphatic heterocycles. The Morgan fingerprint density at radius 2 is 1.70 bits per heavy atom. The number of aromatic nitrogens is 2. The van der Waals surface area contributed by atoms with Gasteiger partial charge >= 0.3 is 0 Å². The van der Waals surface area contributed by atoms with Crippen LogP contribution >= 0.6 is 11.8 Å². The Bertz CT molecular complexity index is 1170. The number of hydrogen-bond donors (Lipinski definition) is 0. The van der Waals surface area contributed by atoms with Crippen LogP contribution in [-0.2, 0) is 16.1 Å². The molecule has 8 nitrogen and oxygen atoms in total. The van der Waals surface area contributed by atoms with Crippen molar-refractivity contribution in [3.8, 4) is 11.5 Å². The van der Waals surface area contributed by atoms with Crippen LogP contribution in [0.1, 0.15) is 6.92 Å². The van der Waals surface area contributed by atoms with Crippen molar-refractivity contribution in [2.24, 2.45) is 0 Å². The zero-order chi connectivity index (χ0) is 22.8. The number of piperazine rings is 1. The fourth-order valence-electron chi connectivity index (χ4n) is 4.21. The van der Waals surface area contributed by atoms with Gasteiger partial charge in [-0.3, -0.25) is 9.59 Å². The molecule has 1 aromatic heterocycles. The quantitative estimate of drug-likeness (QED) is 0.538. The molecular formula is C24H26N4O4S. The van der Waals surface area contributed by atoms with Crippen LogP contribution in [0.15, 0.2) is 53.7 Å². The maximum atomic E-state index is 12.9. The Balaban J connectivity index is 1.14. The minimum atomic E-state index is -0.653. The average Bonchev–Trinajstić information content (AvgIpc) is 3.24. The highest BCUT2D eigenvalue weighted by atomic mass is 32.2. The molecule has 3 aromatic rings. The first-order valence-corrected chi connectivity index (χ1v) is 12.2. The highest BCUT2D eigenvalue weighted by Gasteiger charge is 2.33. The molecule has 0 unspecified atom stereocenters. The highest BCUT2D eigenvalue weighted by molar-refractivity contribution is 7.99. The number of benzene rings is 2. The summed E-state index contributed by atoms with van der Waals surface area (Å²) in [6.45, 7) is 5.09. The van der Waals surface area contributed by atoms with E-state index in [2.05, 4.69) is 16.5 Å². The van der Waals surface area contributed by atoms with E-state index < -0.39 is 6.10 Å². The van der Waals surface area contributed by atoms with Crippen LogP contribution in [0, 0.1) is 0 Å². The summed E-state index contributed by atoms with van der Waals surface area (Å²) in [5.74, 6) is 1.54.